The molecule has 1 unspecified atom stereocenters. The van der Waals surface area contributed by atoms with Crippen molar-refractivity contribution in [3.63, 3.8) is 0 Å². The van der Waals surface area contributed by atoms with E-state index < -0.39 is 11.6 Å². The number of rotatable bonds is 5. The Morgan fingerprint density at radius 3 is 2.05 bits per heavy atom. The van der Waals surface area contributed by atoms with Crippen molar-refractivity contribution in [2.75, 3.05) is 0 Å². The number of hydrogen-bond donors (Lipinski definition) is 0. The van der Waals surface area contributed by atoms with Crippen LogP contribution in [0.2, 0.25) is 0 Å². The van der Waals surface area contributed by atoms with Crippen molar-refractivity contribution in [2.45, 2.75) is 91.3 Å². The van der Waals surface area contributed by atoms with Crippen molar-refractivity contribution < 1.29 is 9.59 Å². The molecule has 1 aliphatic heterocycles. The van der Waals surface area contributed by atoms with Crippen LogP contribution >= 0.6 is 0 Å². The smallest absolute Gasteiger partial charge is 0.304 e. The van der Waals surface area contributed by atoms with Gasteiger partial charge in [0.25, 0.3) is 5.91 Å². The van der Waals surface area contributed by atoms with Crippen molar-refractivity contribution in [3.05, 3.63) is 12.2 Å². The van der Waals surface area contributed by atoms with Gasteiger partial charge in [0.15, 0.2) is 0 Å². The van der Waals surface area contributed by atoms with Crippen molar-refractivity contribution in [3.8, 4) is 0 Å². The first-order valence-electron chi connectivity index (χ1n) is 8.36. The molecule has 1 saturated heterocycles. The fourth-order valence-electron chi connectivity index (χ4n) is 2.79. The first-order chi connectivity index (χ1) is 10.0. The number of carbonyl (C=O) groups is 2. The molecule has 4 heteroatoms. The largest absolute Gasteiger partial charge is 0.328 e. The van der Waals surface area contributed by atoms with Gasteiger partial charge in [-0.05, 0) is 54.4 Å². The van der Waals surface area contributed by atoms with Gasteiger partial charge >= 0.3 is 6.03 Å². The van der Waals surface area contributed by atoms with Crippen molar-refractivity contribution in [1.82, 2.24) is 9.80 Å². The highest BCUT2D eigenvalue weighted by Crippen LogP contribution is 2.32. The summed E-state index contributed by atoms with van der Waals surface area (Å²) < 4.78 is 0. The van der Waals surface area contributed by atoms with E-state index >= 15 is 0 Å². The van der Waals surface area contributed by atoms with Gasteiger partial charge in [0.05, 0.1) is 0 Å². The van der Waals surface area contributed by atoms with Gasteiger partial charge < -0.3 is 4.90 Å². The van der Waals surface area contributed by atoms with E-state index in [-0.39, 0.29) is 17.5 Å². The van der Waals surface area contributed by atoms with E-state index in [4.69, 9.17) is 0 Å². The molecular weight excluding hydrogens is 276 g/mol. The standard InChI is InChI=1S/C18H32N2O2/c1-8-9-10-11-12-13-14-15(21)20(18(5,6)7)16(22)19(14)17(2,3)4/h12-14H,8-11H2,1-7H3/b13-12+. The van der Waals surface area contributed by atoms with Crippen LogP contribution in [-0.2, 0) is 4.79 Å². The second-order valence-corrected chi connectivity index (χ2v) is 8.04. The molecule has 0 N–H and O–H groups in total. The topological polar surface area (TPSA) is 40.6 Å². The number of nitrogens with zero attached hydrogens (tertiary/aromatic N) is 2. The number of amides is 3. The summed E-state index contributed by atoms with van der Waals surface area (Å²) >= 11 is 0. The van der Waals surface area contributed by atoms with E-state index in [9.17, 15) is 9.59 Å². The fourth-order valence-corrected chi connectivity index (χ4v) is 2.79. The van der Waals surface area contributed by atoms with Crippen molar-refractivity contribution in [2.24, 2.45) is 0 Å². The maximum Gasteiger partial charge on any atom is 0.328 e. The molecule has 22 heavy (non-hydrogen) atoms. The van der Waals surface area contributed by atoms with Gasteiger partial charge in [0, 0.05) is 11.1 Å². The Labute approximate surface area is 135 Å². The van der Waals surface area contributed by atoms with Crippen LogP contribution in [0.25, 0.3) is 0 Å². The average Bonchev–Trinajstić information content (AvgIpc) is 2.59. The fraction of sp³-hybridized carbons (Fsp3) is 0.778. The number of carbonyl (C=O) groups excluding carboxylic acids is 2. The molecule has 3 amide bonds. The third-order valence-corrected chi connectivity index (χ3v) is 3.84. The Bertz CT molecular complexity index is 441. The molecule has 0 aromatic carbocycles. The Balaban J connectivity index is 3.01. The Morgan fingerprint density at radius 1 is 1.00 bits per heavy atom. The van der Waals surface area contributed by atoms with Crippen LogP contribution in [0.1, 0.15) is 74.1 Å². The van der Waals surface area contributed by atoms with E-state index in [1.54, 1.807) is 4.90 Å². The normalized spacial score (nSPS) is 20.6. The molecule has 0 aromatic rings. The van der Waals surface area contributed by atoms with Crippen LogP contribution < -0.4 is 0 Å². The molecule has 1 heterocycles. The lowest BCUT2D eigenvalue weighted by Gasteiger charge is -2.35. The molecular formula is C18H32N2O2. The van der Waals surface area contributed by atoms with Gasteiger partial charge in [-0.15, -0.1) is 0 Å². The highest BCUT2D eigenvalue weighted by molar-refractivity contribution is 6.06. The molecule has 0 spiro atoms. The third kappa shape index (κ3) is 4.11. The van der Waals surface area contributed by atoms with Crippen molar-refractivity contribution in [1.29, 1.82) is 0 Å². The average molecular weight is 308 g/mol. The van der Waals surface area contributed by atoms with E-state index in [2.05, 4.69) is 13.0 Å². The summed E-state index contributed by atoms with van der Waals surface area (Å²) in [5.74, 6) is -0.112. The Kier molecular flexibility index (Phi) is 5.82. The van der Waals surface area contributed by atoms with Crippen LogP contribution in [0.3, 0.4) is 0 Å². The summed E-state index contributed by atoms with van der Waals surface area (Å²) in [4.78, 5) is 28.6. The van der Waals surface area contributed by atoms with Crippen molar-refractivity contribution >= 4 is 11.9 Å². The molecule has 1 aliphatic rings. The SMILES string of the molecule is CCCCC/C=C/C1C(=O)N(C(C)(C)C)C(=O)N1C(C)(C)C. The number of urea groups is 1. The maximum atomic E-state index is 12.8. The highest BCUT2D eigenvalue weighted by Gasteiger charge is 2.51. The predicted octanol–water partition coefficient (Wildman–Crippen LogP) is 4.35. The zero-order valence-electron chi connectivity index (χ0n) is 15.3. The number of unbranched alkanes of at least 4 members (excludes halogenated alkanes) is 3. The van der Waals surface area contributed by atoms with Gasteiger partial charge in [-0.3, -0.25) is 9.69 Å². The minimum absolute atomic E-state index is 0.112. The summed E-state index contributed by atoms with van der Waals surface area (Å²) in [7, 11) is 0. The molecule has 0 radical (unpaired) electrons. The third-order valence-electron chi connectivity index (χ3n) is 3.84. The van der Waals surface area contributed by atoms with E-state index in [1.165, 1.54) is 17.7 Å². The first kappa shape index (κ1) is 18.7. The summed E-state index contributed by atoms with van der Waals surface area (Å²) in [6.45, 7) is 13.8. The molecule has 0 aliphatic carbocycles. The van der Waals surface area contributed by atoms with Crippen LogP contribution in [0, 0.1) is 0 Å². The molecule has 0 saturated carbocycles. The molecule has 1 rings (SSSR count). The van der Waals surface area contributed by atoms with Gasteiger partial charge in [-0.25, -0.2) is 4.79 Å². The van der Waals surface area contributed by atoms with Crippen LogP contribution in [0.4, 0.5) is 4.79 Å². The quantitative estimate of drug-likeness (QED) is 0.430. The second kappa shape index (κ2) is 6.84. The van der Waals surface area contributed by atoms with Gasteiger partial charge in [0.1, 0.15) is 6.04 Å². The summed E-state index contributed by atoms with van der Waals surface area (Å²) in [5, 5.41) is 0. The minimum Gasteiger partial charge on any atom is -0.304 e. The maximum absolute atomic E-state index is 12.8. The molecule has 1 fully saturated rings. The summed E-state index contributed by atoms with van der Waals surface area (Å²) in [5.41, 5.74) is -0.881. The summed E-state index contributed by atoms with van der Waals surface area (Å²) in [6.07, 6.45) is 8.42. The van der Waals surface area contributed by atoms with E-state index in [0.29, 0.717) is 0 Å². The molecule has 0 bridgehead atoms. The van der Waals surface area contributed by atoms with Crippen LogP contribution in [0.15, 0.2) is 12.2 Å². The van der Waals surface area contributed by atoms with Gasteiger partial charge in [0.2, 0.25) is 0 Å². The van der Waals surface area contributed by atoms with E-state index in [1.807, 2.05) is 47.6 Å². The Hall–Kier alpha value is -1.32. The van der Waals surface area contributed by atoms with Gasteiger partial charge in [-0.2, -0.15) is 0 Å². The Morgan fingerprint density at radius 2 is 1.59 bits per heavy atom. The predicted molar refractivity (Wildman–Crippen MR) is 90.7 cm³/mol. The lowest BCUT2D eigenvalue weighted by molar-refractivity contribution is -0.130. The summed E-state index contributed by atoms with van der Waals surface area (Å²) in [6, 6.07) is -0.665. The minimum atomic E-state index is -0.498. The zero-order chi connectivity index (χ0) is 17.1. The van der Waals surface area contributed by atoms with Crippen LogP contribution in [-0.4, -0.2) is 38.9 Å². The lowest BCUT2D eigenvalue weighted by atomic mass is 10.0. The zero-order valence-corrected chi connectivity index (χ0v) is 15.3. The van der Waals surface area contributed by atoms with E-state index in [0.717, 1.165) is 12.8 Å². The van der Waals surface area contributed by atoms with Crippen LogP contribution in [0.5, 0.6) is 0 Å². The number of allylic oxidation sites excluding steroid dienone is 1. The second-order valence-electron chi connectivity index (χ2n) is 8.04. The van der Waals surface area contributed by atoms with Gasteiger partial charge in [-0.1, -0.05) is 31.9 Å². The first-order valence-corrected chi connectivity index (χ1v) is 8.36. The lowest BCUT2D eigenvalue weighted by Crippen LogP contribution is -2.50. The number of hydrogen-bond acceptors (Lipinski definition) is 2. The molecule has 0 aromatic heterocycles. The number of imide groups is 1. The monoisotopic (exact) mass is 308 g/mol. The molecule has 4 nitrogen and oxygen atoms in total. The highest BCUT2D eigenvalue weighted by atomic mass is 16.2. The molecule has 126 valence electrons. The molecule has 1 atom stereocenters.